The van der Waals surface area contributed by atoms with E-state index in [0.717, 1.165) is 12.1 Å². The Bertz CT molecular complexity index is 1130. The minimum absolute atomic E-state index is 0.0822. The van der Waals surface area contributed by atoms with Gasteiger partial charge in [0.25, 0.3) is 0 Å². The van der Waals surface area contributed by atoms with E-state index in [4.69, 9.17) is 9.47 Å². The first-order chi connectivity index (χ1) is 16.2. The molecule has 0 aromatic heterocycles. The minimum Gasteiger partial charge on any atom is -0.497 e. The Morgan fingerprint density at radius 2 is 2.03 bits per heavy atom. The zero-order valence-electron chi connectivity index (χ0n) is 18.9. The molecule has 0 aliphatic carbocycles. The van der Waals surface area contributed by atoms with Crippen LogP contribution >= 0.6 is 0 Å². The summed E-state index contributed by atoms with van der Waals surface area (Å²) in [6.07, 6.45) is -2.90. The molecule has 7 nitrogen and oxygen atoms in total. The van der Waals surface area contributed by atoms with Gasteiger partial charge in [-0.1, -0.05) is 6.08 Å². The number of urea groups is 1. The molecule has 1 unspecified atom stereocenters. The Morgan fingerprint density at radius 3 is 2.71 bits per heavy atom. The van der Waals surface area contributed by atoms with Crippen molar-refractivity contribution in [2.75, 3.05) is 33.3 Å². The number of ether oxygens (including phenoxy) is 2. The number of alkyl halides is 3. The van der Waals surface area contributed by atoms with Gasteiger partial charge >= 0.3 is 12.2 Å². The summed E-state index contributed by atoms with van der Waals surface area (Å²) in [5.41, 5.74) is -0.127. The average Bonchev–Trinajstić information content (AvgIpc) is 2.97. The third kappa shape index (κ3) is 4.66. The molecule has 2 heterocycles. The summed E-state index contributed by atoms with van der Waals surface area (Å²) < 4.78 is 51.4. The van der Waals surface area contributed by atoms with Crippen LogP contribution < -0.4 is 14.8 Å². The summed E-state index contributed by atoms with van der Waals surface area (Å²) in [4.78, 5) is 20.8. The maximum Gasteiger partial charge on any atom is 0.416 e. The van der Waals surface area contributed by atoms with Crippen molar-refractivity contribution in [3.05, 3.63) is 60.2 Å². The smallest absolute Gasteiger partial charge is 0.416 e. The lowest BCUT2D eigenvalue weighted by molar-refractivity contribution is -0.137. The number of rotatable bonds is 3. The SMILES string of the molecule is C=CCNC(=O)N1CCN(C2=Nc3cc(C(F)(F)F)ccc3Oc3ccc(OC)cc32)CC1C. The van der Waals surface area contributed by atoms with Crippen molar-refractivity contribution in [1.82, 2.24) is 15.1 Å². The summed E-state index contributed by atoms with van der Waals surface area (Å²) >= 11 is 0. The van der Waals surface area contributed by atoms with Crippen molar-refractivity contribution in [2.45, 2.75) is 19.1 Å². The fourth-order valence-electron chi connectivity index (χ4n) is 4.01. The molecule has 180 valence electrons. The molecule has 2 aliphatic rings. The first-order valence-electron chi connectivity index (χ1n) is 10.8. The minimum atomic E-state index is -4.51. The van der Waals surface area contributed by atoms with E-state index in [1.165, 1.54) is 13.2 Å². The molecule has 4 rings (SSSR count). The van der Waals surface area contributed by atoms with Crippen LogP contribution in [0.1, 0.15) is 18.1 Å². The van der Waals surface area contributed by atoms with Gasteiger partial charge in [-0.15, -0.1) is 6.58 Å². The molecular formula is C24H25F3N4O3. The Morgan fingerprint density at radius 1 is 1.26 bits per heavy atom. The van der Waals surface area contributed by atoms with E-state index in [2.05, 4.69) is 16.9 Å². The normalized spacial score (nSPS) is 17.6. The molecule has 0 spiro atoms. The molecule has 1 atom stereocenters. The molecule has 10 heteroatoms. The highest BCUT2D eigenvalue weighted by Crippen LogP contribution is 2.42. The summed E-state index contributed by atoms with van der Waals surface area (Å²) in [6.45, 7) is 7.17. The number of halogens is 3. The van der Waals surface area contributed by atoms with Gasteiger partial charge in [-0.25, -0.2) is 9.79 Å². The number of nitrogens with one attached hydrogen (secondary N) is 1. The maximum atomic E-state index is 13.4. The van der Waals surface area contributed by atoms with Crippen molar-refractivity contribution in [3.8, 4) is 17.2 Å². The molecule has 0 radical (unpaired) electrons. The number of amidine groups is 1. The van der Waals surface area contributed by atoms with Crippen LogP contribution in [0, 0.1) is 0 Å². The number of fused-ring (bicyclic) bond motifs is 2. The fourth-order valence-corrected chi connectivity index (χ4v) is 4.01. The maximum absolute atomic E-state index is 13.4. The van der Waals surface area contributed by atoms with E-state index in [1.54, 1.807) is 29.2 Å². The lowest BCUT2D eigenvalue weighted by atomic mass is 10.1. The van der Waals surface area contributed by atoms with Crippen LogP contribution in [0.5, 0.6) is 17.2 Å². The quantitative estimate of drug-likeness (QED) is 0.649. The number of nitrogens with zero attached hydrogens (tertiary/aromatic N) is 3. The van der Waals surface area contributed by atoms with Gasteiger partial charge < -0.3 is 24.6 Å². The summed E-state index contributed by atoms with van der Waals surface area (Å²) in [5, 5.41) is 2.78. The highest BCUT2D eigenvalue weighted by atomic mass is 19.4. The molecule has 0 saturated carbocycles. The molecular weight excluding hydrogens is 449 g/mol. The summed E-state index contributed by atoms with van der Waals surface area (Å²) in [5.74, 6) is 1.71. The second-order valence-electron chi connectivity index (χ2n) is 8.04. The van der Waals surface area contributed by atoms with Crippen molar-refractivity contribution in [1.29, 1.82) is 0 Å². The Kier molecular flexibility index (Phi) is 6.41. The topological polar surface area (TPSA) is 66.4 Å². The van der Waals surface area contributed by atoms with Crippen LogP contribution in [0.2, 0.25) is 0 Å². The zero-order valence-corrected chi connectivity index (χ0v) is 18.9. The van der Waals surface area contributed by atoms with Crippen LogP contribution in [-0.4, -0.2) is 61.0 Å². The Hall–Kier alpha value is -3.69. The van der Waals surface area contributed by atoms with Crippen LogP contribution in [0.15, 0.2) is 54.0 Å². The third-order valence-electron chi connectivity index (χ3n) is 5.75. The molecule has 2 amide bonds. The fraction of sp³-hybridized carbons (Fsp3) is 0.333. The van der Waals surface area contributed by atoms with Crippen molar-refractivity contribution >= 4 is 17.6 Å². The molecule has 2 aromatic rings. The van der Waals surface area contributed by atoms with E-state index in [-0.39, 0.29) is 23.5 Å². The molecule has 2 aliphatic heterocycles. The number of carbonyl (C=O) groups is 1. The van der Waals surface area contributed by atoms with Gasteiger partial charge in [0.1, 0.15) is 23.0 Å². The highest BCUT2D eigenvalue weighted by Gasteiger charge is 2.34. The van der Waals surface area contributed by atoms with Crippen LogP contribution in [0.25, 0.3) is 0 Å². The average molecular weight is 474 g/mol. The first kappa shape index (κ1) is 23.5. The van der Waals surface area contributed by atoms with Gasteiger partial charge in [0.15, 0.2) is 5.75 Å². The van der Waals surface area contributed by atoms with E-state index in [9.17, 15) is 18.0 Å². The van der Waals surface area contributed by atoms with E-state index < -0.39 is 11.7 Å². The van der Waals surface area contributed by atoms with Crippen molar-refractivity contribution < 1.29 is 27.4 Å². The van der Waals surface area contributed by atoms with Crippen LogP contribution in [-0.2, 0) is 6.18 Å². The number of piperazine rings is 1. The number of benzene rings is 2. The van der Waals surface area contributed by atoms with Gasteiger partial charge in [0.05, 0.1) is 18.2 Å². The van der Waals surface area contributed by atoms with Crippen molar-refractivity contribution in [2.24, 2.45) is 4.99 Å². The second kappa shape index (κ2) is 9.28. The van der Waals surface area contributed by atoms with Crippen molar-refractivity contribution in [3.63, 3.8) is 0 Å². The molecule has 1 fully saturated rings. The monoisotopic (exact) mass is 474 g/mol. The summed E-state index contributed by atoms with van der Waals surface area (Å²) in [6, 6.07) is 8.06. The van der Waals surface area contributed by atoms with Gasteiger partial charge in [-0.3, -0.25) is 0 Å². The van der Waals surface area contributed by atoms with Gasteiger partial charge in [-0.2, -0.15) is 13.2 Å². The van der Waals surface area contributed by atoms with E-state index in [0.29, 0.717) is 49.1 Å². The molecule has 34 heavy (non-hydrogen) atoms. The standard InChI is InChI=1S/C24H25F3N4O3/c1-4-9-28-23(32)31-11-10-30(14-15(31)2)22-18-13-17(33-3)6-8-20(18)34-21-7-5-16(24(25,26)27)12-19(21)29-22/h4-8,12-13,15H,1,9-11,14H2,2-3H3,(H,28,32). The van der Waals surface area contributed by atoms with Crippen LogP contribution in [0.3, 0.4) is 0 Å². The van der Waals surface area contributed by atoms with Gasteiger partial charge in [0, 0.05) is 32.2 Å². The summed E-state index contributed by atoms with van der Waals surface area (Å²) in [7, 11) is 1.53. The number of carbonyl (C=O) groups excluding carboxylic acids is 1. The molecule has 1 saturated heterocycles. The predicted octanol–water partition coefficient (Wildman–Crippen LogP) is 4.80. The lowest BCUT2D eigenvalue weighted by Gasteiger charge is -2.41. The lowest BCUT2D eigenvalue weighted by Crippen LogP contribution is -2.57. The zero-order chi connectivity index (χ0) is 24.5. The van der Waals surface area contributed by atoms with Crippen LogP contribution in [0.4, 0.5) is 23.7 Å². The second-order valence-corrected chi connectivity index (χ2v) is 8.04. The number of aliphatic imine (C=N–C) groups is 1. The molecule has 0 bridgehead atoms. The van der Waals surface area contributed by atoms with E-state index >= 15 is 0 Å². The number of hydrogen-bond acceptors (Lipinski definition) is 5. The molecule has 2 aromatic carbocycles. The van der Waals surface area contributed by atoms with Gasteiger partial charge in [0.2, 0.25) is 0 Å². The Labute approximate surface area is 195 Å². The number of hydrogen-bond donors (Lipinski definition) is 1. The Balaban J connectivity index is 1.73. The van der Waals surface area contributed by atoms with E-state index in [1.807, 2.05) is 11.8 Å². The largest absolute Gasteiger partial charge is 0.497 e. The van der Waals surface area contributed by atoms with Gasteiger partial charge in [-0.05, 0) is 43.3 Å². The number of amides is 2. The highest BCUT2D eigenvalue weighted by molar-refractivity contribution is 6.04. The molecule has 1 N–H and O–H groups in total. The number of methoxy groups -OCH3 is 1. The predicted molar refractivity (Wildman–Crippen MR) is 122 cm³/mol. The third-order valence-corrected chi connectivity index (χ3v) is 5.75. The first-order valence-corrected chi connectivity index (χ1v) is 10.8.